The van der Waals surface area contributed by atoms with Crippen LogP contribution in [0.2, 0.25) is 0 Å². The van der Waals surface area contributed by atoms with Crippen molar-refractivity contribution in [3.63, 3.8) is 0 Å². The Morgan fingerprint density at radius 2 is 1.89 bits per heavy atom. The lowest BCUT2D eigenvalue weighted by Crippen LogP contribution is -2.50. The lowest BCUT2D eigenvalue weighted by Gasteiger charge is -2.34. The van der Waals surface area contributed by atoms with Crippen LogP contribution in [0, 0.1) is 6.92 Å². The monoisotopic (exact) mass is 261 g/mol. The van der Waals surface area contributed by atoms with Crippen molar-refractivity contribution in [2.45, 2.75) is 20.3 Å². The molecule has 2 amide bonds. The van der Waals surface area contributed by atoms with Gasteiger partial charge in [-0.3, -0.25) is 4.90 Å². The van der Waals surface area contributed by atoms with E-state index in [0.29, 0.717) is 0 Å². The molecule has 1 heterocycles. The van der Waals surface area contributed by atoms with E-state index in [0.717, 1.165) is 44.0 Å². The van der Waals surface area contributed by atoms with Crippen LogP contribution >= 0.6 is 0 Å². The molecule has 0 spiro atoms. The molecule has 4 nitrogen and oxygen atoms in total. The first-order valence-corrected chi connectivity index (χ1v) is 7.04. The maximum atomic E-state index is 12.2. The number of para-hydroxylation sites is 1. The summed E-state index contributed by atoms with van der Waals surface area (Å²) in [5.41, 5.74) is 2.00. The Kier molecular flexibility index (Phi) is 4.80. The molecule has 0 aliphatic carbocycles. The summed E-state index contributed by atoms with van der Waals surface area (Å²) in [5, 5.41) is 3.00. The number of anilines is 1. The number of rotatable bonds is 3. The number of urea groups is 1. The van der Waals surface area contributed by atoms with E-state index in [1.165, 1.54) is 6.42 Å². The summed E-state index contributed by atoms with van der Waals surface area (Å²) in [6, 6.07) is 7.90. The number of nitrogens with zero attached hydrogens (tertiary/aromatic N) is 2. The Morgan fingerprint density at radius 3 is 2.53 bits per heavy atom. The molecular weight excluding hydrogens is 238 g/mol. The maximum absolute atomic E-state index is 12.2. The van der Waals surface area contributed by atoms with Crippen LogP contribution in [0.3, 0.4) is 0 Å². The molecule has 0 saturated carbocycles. The van der Waals surface area contributed by atoms with Gasteiger partial charge >= 0.3 is 6.03 Å². The molecular formula is C15H23N3O. The number of amides is 2. The minimum atomic E-state index is 0.0189. The van der Waals surface area contributed by atoms with Crippen LogP contribution in [-0.2, 0) is 0 Å². The molecule has 1 fully saturated rings. The second-order valence-corrected chi connectivity index (χ2v) is 5.07. The summed E-state index contributed by atoms with van der Waals surface area (Å²) >= 11 is 0. The van der Waals surface area contributed by atoms with E-state index in [9.17, 15) is 4.79 Å². The van der Waals surface area contributed by atoms with Gasteiger partial charge in [-0.1, -0.05) is 25.1 Å². The topological polar surface area (TPSA) is 35.6 Å². The van der Waals surface area contributed by atoms with Gasteiger partial charge in [0.1, 0.15) is 0 Å². The molecule has 1 aliphatic heterocycles. The highest BCUT2D eigenvalue weighted by Gasteiger charge is 2.20. The van der Waals surface area contributed by atoms with Crippen molar-refractivity contribution in [3.05, 3.63) is 29.8 Å². The fraction of sp³-hybridized carbons (Fsp3) is 0.533. The third-order valence-corrected chi connectivity index (χ3v) is 3.59. The van der Waals surface area contributed by atoms with E-state index in [4.69, 9.17) is 0 Å². The largest absolute Gasteiger partial charge is 0.322 e. The van der Waals surface area contributed by atoms with Gasteiger partial charge in [-0.15, -0.1) is 0 Å². The lowest BCUT2D eigenvalue weighted by molar-refractivity contribution is 0.147. The van der Waals surface area contributed by atoms with Gasteiger partial charge in [0.25, 0.3) is 0 Å². The van der Waals surface area contributed by atoms with E-state index < -0.39 is 0 Å². The molecule has 0 aromatic heterocycles. The van der Waals surface area contributed by atoms with Crippen LogP contribution in [0.4, 0.5) is 10.5 Å². The molecule has 0 unspecified atom stereocenters. The van der Waals surface area contributed by atoms with Gasteiger partial charge in [0.2, 0.25) is 0 Å². The predicted octanol–water partition coefficient (Wildman–Crippen LogP) is 2.55. The van der Waals surface area contributed by atoms with E-state index in [1.807, 2.05) is 36.1 Å². The number of aryl methyl sites for hydroxylation is 1. The van der Waals surface area contributed by atoms with Crippen molar-refractivity contribution in [1.82, 2.24) is 9.80 Å². The Hall–Kier alpha value is -1.55. The number of hydrogen-bond acceptors (Lipinski definition) is 2. The summed E-state index contributed by atoms with van der Waals surface area (Å²) in [6.45, 7) is 8.93. The fourth-order valence-corrected chi connectivity index (χ4v) is 2.40. The Balaban J connectivity index is 1.87. The summed E-state index contributed by atoms with van der Waals surface area (Å²) in [4.78, 5) is 16.5. The first-order chi connectivity index (χ1) is 9.20. The molecule has 1 aliphatic rings. The Bertz CT molecular complexity index is 425. The average molecular weight is 261 g/mol. The van der Waals surface area contributed by atoms with Crippen molar-refractivity contribution in [2.75, 3.05) is 38.0 Å². The predicted molar refractivity (Wildman–Crippen MR) is 78.5 cm³/mol. The van der Waals surface area contributed by atoms with Crippen LogP contribution < -0.4 is 5.32 Å². The number of nitrogens with one attached hydrogen (secondary N) is 1. The van der Waals surface area contributed by atoms with Crippen molar-refractivity contribution >= 4 is 11.7 Å². The van der Waals surface area contributed by atoms with Crippen molar-refractivity contribution < 1.29 is 4.79 Å². The van der Waals surface area contributed by atoms with Crippen molar-refractivity contribution in [1.29, 1.82) is 0 Å². The second kappa shape index (κ2) is 6.57. The first-order valence-electron chi connectivity index (χ1n) is 7.04. The van der Waals surface area contributed by atoms with E-state index in [1.54, 1.807) is 0 Å². The summed E-state index contributed by atoms with van der Waals surface area (Å²) < 4.78 is 0. The molecule has 4 heteroatoms. The van der Waals surface area contributed by atoms with Crippen LogP contribution in [0.15, 0.2) is 24.3 Å². The second-order valence-electron chi connectivity index (χ2n) is 5.07. The summed E-state index contributed by atoms with van der Waals surface area (Å²) in [7, 11) is 0. The average Bonchev–Trinajstić information content (AvgIpc) is 2.42. The molecule has 0 atom stereocenters. The smallest absolute Gasteiger partial charge is 0.321 e. The molecule has 19 heavy (non-hydrogen) atoms. The highest BCUT2D eigenvalue weighted by atomic mass is 16.2. The molecule has 1 aromatic carbocycles. The van der Waals surface area contributed by atoms with Gasteiger partial charge in [0.15, 0.2) is 0 Å². The molecule has 1 saturated heterocycles. The maximum Gasteiger partial charge on any atom is 0.321 e. The van der Waals surface area contributed by atoms with E-state index in [-0.39, 0.29) is 6.03 Å². The highest BCUT2D eigenvalue weighted by Crippen LogP contribution is 2.14. The van der Waals surface area contributed by atoms with Gasteiger partial charge in [0, 0.05) is 31.9 Å². The van der Waals surface area contributed by atoms with Crippen molar-refractivity contribution in [2.24, 2.45) is 0 Å². The third-order valence-electron chi connectivity index (χ3n) is 3.59. The number of benzene rings is 1. The quantitative estimate of drug-likeness (QED) is 0.907. The molecule has 0 radical (unpaired) electrons. The fourth-order valence-electron chi connectivity index (χ4n) is 2.40. The first kappa shape index (κ1) is 13.9. The Morgan fingerprint density at radius 1 is 1.21 bits per heavy atom. The molecule has 2 rings (SSSR count). The summed E-state index contributed by atoms with van der Waals surface area (Å²) in [6.07, 6.45) is 1.18. The van der Waals surface area contributed by atoms with Gasteiger partial charge in [-0.25, -0.2) is 4.79 Å². The molecule has 1 aromatic rings. The lowest BCUT2D eigenvalue weighted by atomic mass is 10.2. The molecule has 104 valence electrons. The van der Waals surface area contributed by atoms with Crippen LogP contribution in [0.1, 0.15) is 18.9 Å². The minimum absolute atomic E-state index is 0.0189. The standard InChI is InChI=1S/C15H23N3O/c1-3-8-17-9-11-18(12-10-17)15(19)16-14-7-5-4-6-13(14)2/h4-7H,3,8-12H2,1-2H3,(H,16,19). The van der Waals surface area contributed by atoms with Crippen LogP contribution in [0.5, 0.6) is 0 Å². The number of carbonyl (C=O) groups is 1. The molecule has 0 bridgehead atoms. The zero-order valence-electron chi connectivity index (χ0n) is 11.9. The number of hydrogen-bond donors (Lipinski definition) is 1. The Labute approximate surface area is 115 Å². The normalized spacial score (nSPS) is 16.4. The minimum Gasteiger partial charge on any atom is -0.322 e. The zero-order valence-corrected chi connectivity index (χ0v) is 11.9. The van der Waals surface area contributed by atoms with E-state index in [2.05, 4.69) is 17.1 Å². The third kappa shape index (κ3) is 3.70. The molecule has 1 N–H and O–H groups in total. The SMILES string of the molecule is CCCN1CCN(C(=O)Nc2ccccc2C)CC1. The van der Waals surface area contributed by atoms with Gasteiger partial charge in [0.05, 0.1) is 0 Å². The van der Waals surface area contributed by atoms with Crippen molar-refractivity contribution in [3.8, 4) is 0 Å². The van der Waals surface area contributed by atoms with E-state index >= 15 is 0 Å². The highest BCUT2D eigenvalue weighted by molar-refractivity contribution is 5.90. The zero-order chi connectivity index (χ0) is 13.7. The number of carbonyl (C=O) groups excluding carboxylic acids is 1. The van der Waals surface area contributed by atoms with Gasteiger partial charge < -0.3 is 10.2 Å². The van der Waals surface area contributed by atoms with Gasteiger partial charge in [-0.05, 0) is 31.5 Å². The number of piperazine rings is 1. The van der Waals surface area contributed by atoms with Crippen LogP contribution in [-0.4, -0.2) is 48.6 Å². The summed E-state index contributed by atoms with van der Waals surface area (Å²) in [5.74, 6) is 0. The van der Waals surface area contributed by atoms with Crippen LogP contribution in [0.25, 0.3) is 0 Å². The van der Waals surface area contributed by atoms with Gasteiger partial charge in [-0.2, -0.15) is 0 Å².